The summed E-state index contributed by atoms with van der Waals surface area (Å²) >= 11 is 5.53. The van der Waals surface area contributed by atoms with Crippen LogP contribution in [0.25, 0.3) is 0 Å². The number of carboxylic acids is 1. The third-order valence-corrected chi connectivity index (χ3v) is 2.42. The quantitative estimate of drug-likeness (QED) is 0.351. The van der Waals surface area contributed by atoms with Crippen molar-refractivity contribution >= 4 is 17.6 Å². The van der Waals surface area contributed by atoms with E-state index >= 15 is 0 Å². The number of hydrogen-bond acceptors (Lipinski definition) is 1. The summed E-state index contributed by atoms with van der Waals surface area (Å²) in [5, 5.41) is 8.42. The van der Waals surface area contributed by atoms with E-state index in [-0.39, 0.29) is 0 Å². The second-order valence-corrected chi connectivity index (χ2v) is 4.03. The highest BCUT2D eigenvalue weighted by Crippen LogP contribution is 2.07. The Morgan fingerprint density at radius 3 is 2.27 bits per heavy atom. The Kier molecular flexibility index (Phi) is 11.2. The fourth-order valence-corrected chi connectivity index (χ4v) is 1.49. The number of unbranched alkanes of at least 4 members (excludes halogenated alkanes) is 5. The zero-order valence-corrected chi connectivity index (χ0v) is 10.0. The molecule has 88 valence electrons. The van der Waals surface area contributed by atoms with Crippen LogP contribution in [0.15, 0.2) is 12.2 Å². The van der Waals surface area contributed by atoms with Crippen molar-refractivity contribution in [1.29, 1.82) is 0 Å². The topological polar surface area (TPSA) is 37.3 Å². The highest BCUT2D eigenvalue weighted by molar-refractivity contribution is 6.17. The minimum Gasteiger partial charge on any atom is -0.481 e. The van der Waals surface area contributed by atoms with Gasteiger partial charge in [0, 0.05) is 12.3 Å². The van der Waals surface area contributed by atoms with Crippen molar-refractivity contribution in [1.82, 2.24) is 0 Å². The molecule has 0 saturated heterocycles. The molecule has 0 rings (SSSR count). The highest BCUT2D eigenvalue weighted by atomic mass is 35.5. The van der Waals surface area contributed by atoms with Gasteiger partial charge >= 0.3 is 5.97 Å². The van der Waals surface area contributed by atoms with E-state index in [2.05, 4.69) is 12.2 Å². The Bertz CT molecular complexity index is 178. The molecule has 0 aromatic rings. The van der Waals surface area contributed by atoms with E-state index in [1.54, 1.807) is 0 Å². The summed E-state index contributed by atoms with van der Waals surface area (Å²) in [7, 11) is 0. The first kappa shape index (κ1) is 14.5. The average Bonchev–Trinajstić information content (AvgIpc) is 2.20. The molecule has 0 aromatic carbocycles. The van der Waals surface area contributed by atoms with E-state index in [0.717, 1.165) is 32.1 Å². The number of hydrogen-bond donors (Lipinski definition) is 1. The van der Waals surface area contributed by atoms with Gasteiger partial charge in [-0.15, -0.1) is 11.6 Å². The third kappa shape index (κ3) is 13.5. The van der Waals surface area contributed by atoms with E-state index in [1.165, 1.54) is 12.8 Å². The normalized spacial score (nSPS) is 11.0. The van der Waals surface area contributed by atoms with Crippen LogP contribution in [-0.4, -0.2) is 17.0 Å². The zero-order valence-electron chi connectivity index (χ0n) is 9.25. The highest BCUT2D eigenvalue weighted by Gasteiger charge is 1.95. The van der Waals surface area contributed by atoms with Gasteiger partial charge in [0.15, 0.2) is 0 Å². The molecular weight excluding hydrogens is 212 g/mol. The van der Waals surface area contributed by atoms with Crippen molar-refractivity contribution in [3.63, 3.8) is 0 Å². The summed E-state index contributed by atoms with van der Waals surface area (Å²) in [6.07, 6.45) is 12.1. The molecule has 15 heavy (non-hydrogen) atoms. The van der Waals surface area contributed by atoms with Gasteiger partial charge in [-0.3, -0.25) is 4.79 Å². The Morgan fingerprint density at radius 1 is 1.00 bits per heavy atom. The van der Waals surface area contributed by atoms with Crippen LogP contribution < -0.4 is 0 Å². The smallest absolute Gasteiger partial charge is 0.303 e. The molecule has 0 aliphatic rings. The van der Waals surface area contributed by atoms with Crippen LogP contribution in [0.2, 0.25) is 0 Å². The standard InChI is InChI=1S/C12H21ClO2/c13-11-9-7-5-3-1-2-4-6-8-10-12(14)15/h5,7H,1-4,6,8-11H2,(H,14,15)/b7-5+. The fraction of sp³-hybridized carbons (Fsp3) is 0.750. The summed E-state index contributed by atoms with van der Waals surface area (Å²) in [5.41, 5.74) is 0. The van der Waals surface area contributed by atoms with E-state index < -0.39 is 5.97 Å². The maximum atomic E-state index is 10.2. The maximum absolute atomic E-state index is 10.2. The summed E-state index contributed by atoms with van der Waals surface area (Å²) in [4.78, 5) is 10.2. The van der Waals surface area contributed by atoms with Crippen LogP contribution in [-0.2, 0) is 4.79 Å². The number of rotatable bonds is 10. The summed E-state index contributed by atoms with van der Waals surface area (Å²) in [6, 6.07) is 0. The van der Waals surface area contributed by atoms with Gasteiger partial charge in [0.25, 0.3) is 0 Å². The fourth-order valence-electron chi connectivity index (χ4n) is 1.37. The molecule has 0 unspecified atom stereocenters. The number of carboxylic acid groups (broad SMARTS) is 1. The van der Waals surface area contributed by atoms with Crippen molar-refractivity contribution in [3.8, 4) is 0 Å². The summed E-state index contributed by atoms with van der Waals surface area (Å²) in [6.45, 7) is 0. The van der Waals surface area contributed by atoms with Crippen molar-refractivity contribution in [2.75, 3.05) is 5.88 Å². The van der Waals surface area contributed by atoms with Crippen molar-refractivity contribution in [3.05, 3.63) is 12.2 Å². The molecule has 0 heterocycles. The summed E-state index contributed by atoms with van der Waals surface area (Å²) < 4.78 is 0. The van der Waals surface area contributed by atoms with Crippen molar-refractivity contribution in [2.24, 2.45) is 0 Å². The van der Waals surface area contributed by atoms with Gasteiger partial charge in [-0.05, 0) is 25.7 Å². The number of allylic oxidation sites excluding steroid dienone is 2. The van der Waals surface area contributed by atoms with Gasteiger partial charge < -0.3 is 5.11 Å². The Hall–Kier alpha value is -0.500. The second-order valence-electron chi connectivity index (χ2n) is 3.65. The molecule has 0 atom stereocenters. The lowest BCUT2D eigenvalue weighted by molar-refractivity contribution is -0.137. The second kappa shape index (κ2) is 11.6. The van der Waals surface area contributed by atoms with Crippen molar-refractivity contribution in [2.45, 2.75) is 51.4 Å². The van der Waals surface area contributed by atoms with Gasteiger partial charge in [0.2, 0.25) is 0 Å². The first-order chi connectivity index (χ1) is 7.27. The molecule has 2 nitrogen and oxygen atoms in total. The molecule has 0 radical (unpaired) electrons. The number of alkyl halides is 1. The van der Waals surface area contributed by atoms with Crippen LogP contribution in [0.4, 0.5) is 0 Å². The predicted octanol–water partition coefficient (Wildman–Crippen LogP) is 3.99. The molecule has 0 amide bonds. The number of halogens is 1. The van der Waals surface area contributed by atoms with E-state index in [0.29, 0.717) is 12.3 Å². The van der Waals surface area contributed by atoms with E-state index in [4.69, 9.17) is 16.7 Å². The average molecular weight is 233 g/mol. The molecule has 0 saturated carbocycles. The van der Waals surface area contributed by atoms with Gasteiger partial charge in [0.1, 0.15) is 0 Å². The van der Waals surface area contributed by atoms with Gasteiger partial charge in [-0.1, -0.05) is 31.4 Å². The SMILES string of the molecule is O=C(O)CCCCCCC/C=C/CCCl. The minimum absolute atomic E-state index is 0.315. The van der Waals surface area contributed by atoms with Crippen LogP contribution in [0.3, 0.4) is 0 Å². The third-order valence-electron chi connectivity index (χ3n) is 2.20. The molecule has 1 N–H and O–H groups in total. The minimum atomic E-state index is -0.681. The molecule has 3 heteroatoms. The molecule has 0 aromatic heterocycles. The number of aliphatic carboxylic acids is 1. The molecule has 0 spiro atoms. The zero-order chi connectivity index (χ0) is 11.4. The Morgan fingerprint density at radius 2 is 1.60 bits per heavy atom. The first-order valence-electron chi connectivity index (χ1n) is 5.70. The lowest BCUT2D eigenvalue weighted by atomic mass is 10.1. The summed E-state index contributed by atoms with van der Waals surface area (Å²) in [5.74, 6) is 0.0186. The van der Waals surface area contributed by atoms with Crippen LogP contribution in [0.5, 0.6) is 0 Å². The molecular formula is C12H21ClO2. The monoisotopic (exact) mass is 232 g/mol. The lowest BCUT2D eigenvalue weighted by Crippen LogP contribution is -1.93. The Balaban J connectivity index is 3.01. The maximum Gasteiger partial charge on any atom is 0.303 e. The van der Waals surface area contributed by atoms with Crippen LogP contribution >= 0.6 is 11.6 Å². The Labute approximate surface area is 97.3 Å². The van der Waals surface area contributed by atoms with E-state index in [9.17, 15) is 4.79 Å². The van der Waals surface area contributed by atoms with E-state index in [1.807, 2.05) is 0 Å². The molecule has 0 bridgehead atoms. The largest absolute Gasteiger partial charge is 0.481 e. The molecule has 0 aliphatic heterocycles. The van der Waals surface area contributed by atoms with Crippen LogP contribution in [0, 0.1) is 0 Å². The van der Waals surface area contributed by atoms with Gasteiger partial charge in [-0.25, -0.2) is 0 Å². The van der Waals surface area contributed by atoms with Crippen molar-refractivity contribution < 1.29 is 9.90 Å². The molecule has 0 fully saturated rings. The van der Waals surface area contributed by atoms with Gasteiger partial charge in [-0.2, -0.15) is 0 Å². The molecule has 0 aliphatic carbocycles. The lowest BCUT2D eigenvalue weighted by Gasteiger charge is -1.98. The van der Waals surface area contributed by atoms with Gasteiger partial charge in [0.05, 0.1) is 0 Å². The van der Waals surface area contributed by atoms with Crippen LogP contribution in [0.1, 0.15) is 51.4 Å². The first-order valence-corrected chi connectivity index (χ1v) is 6.23. The predicted molar refractivity (Wildman–Crippen MR) is 64.4 cm³/mol. The number of carbonyl (C=O) groups is 1.